The van der Waals surface area contributed by atoms with Gasteiger partial charge in [0, 0.05) is 36.9 Å². The Morgan fingerprint density at radius 2 is 1.72 bits per heavy atom. The second kappa shape index (κ2) is 8.64. The fourth-order valence-corrected chi connectivity index (χ4v) is 4.64. The van der Waals surface area contributed by atoms with E-state index in [2.05, 4.69) is 59.0 Å². The number of hydrogen-bond donors (Lipinski definition) is 0. The van der Waals surface area contributed by atoms with E-state index in [-0.39, 0.29) is 5.91 Å². The third-order valence-corrected chi connectivity index (χ3v) is 6.51. The normalized spacial score (nSPS) is 18.7. The maximum atomic E-state index is 12.4. The van der Waals surface area contributed by atoms with Crippen molar-refractivity contribution in [2.45, 2.75) is 19.8 Å². The summed E-state index contributed by atoms with van der Waals surface area (Å²) in [6.45, 7) is 7.78. The van der Waals surface area contributed by atoms with Crippen LogP contribution in [0.15, 0.2) is 58.4 Å². The minimum absolute atomic E-state index is 0.143. The Balaban J connectivity index is 1.39. The number of thioether (sulfide) groups is 1. The van der Waals surface area contributed by atoms with E-state index in [1.165, 1.54) is 17.3 Å². The number of anilines is 1. The molecule has 2 aromatic rings. The van der Waals surface area contributed by atoms with Gasteiger partial charge in [-0.15, -0.1) is 0 Å². The first-order valence-electron chi connectivity index (χ1n) is 9.87. The first-order chi connectivity index (χ1) is 14.0. The first kappa shape index (κ1) is 20.0. The number of piperazine rings is 1. The summed E-state index contributed by atoms with van der Waals surface area (Å²) in [4.78, 5) is 21.9. The third kappa shape index (κ3) is 4.68. The topological polar surface area (TPSA) is 35.9 Å². The van der Waals surface area contributed by atoms with Crippen LogP contribution in [0.4, 0.5) is 5.69 Å². The lowest BCUT2D eigenvalue weighted by molar-refractivity contribution is -0.113. The number of nitrogens with zero attached hydrogens (tertiary/aromatic N) is 3. The number of hydrogen-bond acceptors (Lipinski definition) is 4. The maximum Gasteiger partial charge on any atom is 0.286 e. The summed E-state index contributed by atoms with van der Waals surface area (Å²) >= 11 is 7.59. The van der Waals surface area contributed by atoms with Crippen molar-refractivity contribution in [1.29, 1.82) is 0 Å². The molecule has 0 atom stereocenters. The van der Waals surface area contributed by atoms with Crippen molar-refractivity contribution in [1.82, 2.24) is 4.90 Å². The zero-order valence-corrected chi connectivity index (χ0v) is 18.2. The number of carbonyl (C=O) groups excluding carboxylic acids is 1. The second-order valence-corrected chi connectivity index (χ2v) is 9.03. The SMILES string of the molecule is CC(C)c1ccc(/C=C2\SC(N3CCN(c4cccc(Cl)c4)CC3)=NC2=O)cc1. The monoisotopic (exact) mass is 425 g/mol. The molecule has 1 fully saturated rings. The lowest BCUT2D eigenvalue weighted by Gasteiger charge is -2.36. The van der Waals surface area contributed by atoms with Gasteiger partial charge in [0.15, 0.2) is 5.17 Å². The van der Waals surface area contributed by atoms with Gasteiger partial charge in [-0.1, -0.05) is 55.8 Å². The lowest BCUT2D eigenvalue weighted by atomic mass is 10.0. The van der Waals surface area contributed by atoms with Crippen molar-refractivity contribution in [2.75, 3.05) is 31.1 Å². The summed E-state index contributed by atoms with van der Waals surface area (Å²) in [5.41, 5.74) is 3.47. The zero-order chi connectivity index (χ0) is 20.4. The Labute approximate surface area is 181 Å². The minimum Gasteiger partial charge on any atom is -0.368 e. The van der Waals surface area contributed by atoms with Gasteiger partial charge in [0.1, 0.15) is 0 Å². The fraction of sp³-hybridized carbons (Fsp3) is 0.304. The summed E-state index contributed by atoms with van der Waals surface area (Å²) in [5.74, 6) is 0.356. The summed E-state index contributed by atoms with van der Waals surface area (Å²) in [6, 6.07) is 16.3. The average molecular weight is 426 g/mol. The lowest BCUT2D eigenvalue weighted by Crippen LogP contribution is -2.47. The van der Waals surface area contributed by atoms with Gasteiger partial charge >= 0.3 is 0 Å². The Kier molecular flexibility index (Phi) is 5.97. The highest BCUT2D eigenvalue weighted by Crippen LogP contribution is 2.31. The molecule has 2 aliphatic rings. The van der Waals surface area contributed by atoms with E-state index >= 15 is 0 Å². The highest BCUT2D eigenvalue weighted by atomic mass is 35.5. The van der Waals surface area contributed by atoms with E-state index in [1.807, 2.05) is 24.3 Å². The molecule has 6 heteroatoms. The van der Waals surface area contributed by atoms with Crippen LogP contribution in [0.1, 0.15) is 30.9 Å². The Hall–Kier alpha value is -2.24. The molecule has 0 N–H and O–H groups in total. The van der Waals surface area contributed by atoms with Crippen molar-refractivity contribution in [2.24, 2.45) is 4.99 Å². The van der Waals surface area contributed by atoms with Crippen LogP contribution in [0.5, 0.6) is 0 Å². The molecule has 2 heterocycles. The number of aliphatic imine (C=N–C) groups is 1. The molecule has 4 rings (SSSR count). The fourth-order valence-electron chi connectivity index (χ4n) is 3.49. The van der Waals surface area contributed by atoms with Crippen LogP contribution < -0.4 is 4.90 Å². The molecule has 0 spiro atoms. The molecule has 150 valence electrons. The molecule has 0 radical (unpaired) electrons. The third-order valence-electron chi connectivity index (χ3n) is 5.23. The van der Waals surface area contributed by atoms with Crippen molar-refractivity contribution in [3.8, 4) is 0 Å². The molecule has 29 heavy (non-hydrogen) atoms. The highest BCUT2D eigenvalue weighted by molar-refractivity contribution is 8.18. The molecule has 1 amide bonds. The van der Waals surface area contributed by atoms with Crippen LogP contribution in [0, 0.1) is 0 Å². The molecule has 0 bridgehead atoms. The summed E-state index contributed by atoms with van der Waals surface area (Å²) in [7, 11) is 0. The van der Waals surface area contributed by atoms with Gasteiger partial charge in [-0.05, 0) is 53.1 Å². The molecule has 2 aromatic carbocycles. The van der Waals surface area contributed by atoms with Crippen LogP contribution in [0.2, 0.25) is 5.02 Å². The van der Waals surface area contributed by atoms with E-state index < -0.39 is 0 Å². The molecule has 0 saturated carbocycles. The standard InChI is InChI=1S/C23H24ClN3OS/c1-16(2)18-8-6-17(7-9-18)14-21-22(28)25-23(29-21)27-12-10-26(11-13-27)20-5-3-4-19(24)15-20/h3-9,14-16H,10-13H2,1-2H3/b21-14-. The minimum atomic E-state index is -0.143. The molecular formula is C23H24ClN3OS. The van der Waals surface area contributed by atoms with Gasteiger partial charge in [0.25, 0.3) is 5.91 Å². The van der Waals surface area contributed by atoms with Gasteiger partial charge in [0.05, 0.1) is 4.91 Å². The van der Waals surface area contributed by atoms with Gasteiger partial charge < -0.3 is 9.80 Å². The van der Waals surface area contributed by atoms with Crippen molar-refractivity contribution >= 4 is 46.2 Å². The summed E-state index contributed by atoms with van der Waals surface area (Å²) < 4.78 is 0. The Bertz CT molecular complexity index is 960. The molecule has 4 nitrogen and oxygen atoms in total. The highest BCUT2D eigenvalue weighted by Gasteiger charge is 2.28. The Morgan fingerprint density at radius 1 is 1.03 bits per heavy atom. The predicted molar refractivity (Wildman–Crippen MR) is 124 cm³/mol. The average Bonchev–Trinajstić information content (AvgIpc) is 3.09. The number of halogens is 1. The van der Waals surface area contributed by atoms with E-state index in [9.17, 15) is 4.79 Å². The van der Waals surface area contributed by atoms with Crippen LogP contribution in [0.3, 0.4) is 0 Å². The van der Waals surface area contributed by atoms with E-state index in [0.29, 0.717) is 10.8 Å². The quantitative estimate of drug-likeness (QED) is 0.629. The number of amidine groups is 1. The number of benzene rings is 2. The largest absolute Gasteiger partial charge is 0.368 e. The van der Waals surface area contributed by atoms with Gasteiger partial charge in [-0.25, -0.2) is 0 Å². The zero-order valence-electron chi connectivity index (χ0n) is 16.6. The van der Waals surface area contributed by atoms with Crippen LogP contribution in [-0.2, 0) is 4.79 Å². The van der Waals surface area contributed by atoms with Gasteiger partial charge in [0.2, 0.25) is 0 Å². The summed E-state index contributed by atoms with van der Waals surface area (Å²) in [6.07, 6.45) is 1.94. The van der Waals surface area contributed by atoms with Crippen molar-refractivity contribution < 1.29 is 4.79 Å². The molecule has 2 aliphatic heterocycles. The van der Waals surface area contributed by atoms with Crippen LogP contribution in [0.25, 0.3) is 6.08 Å². The smallest absolute Gasteiger partial charge is 0.286 e. The maximum absolute atomic E-state index is 12.4. The Morgan fingerprint density at radius 3 is 2.38 bits per heavy atom. The molecule has 0 aliphatic carbocycles. The molecule has 0 aromatic heterocycles. The molecule has 0 unspecified atom stereocenters. The summed E-state index contributed by atoms with van der Waals surface area (Å²) in [5, 5.41) is 1.56. The number of carbonyl (C=O) groups is 1. The van der Waals surface area contributed by atoms with Crippen molar-refractivity contribution in [3.63, 3.8) is 0 Å². The number of rotatable bonds is 3. The molecular weight excluding hydrogens is 402 g/mol. The van der Waals surface area contributed by atoms with E-state index in [1.54, 1.807) is 0 Å². The van der Waals surface area contributed by atoms with Crippen LogP contribution in [-0.4, -0.2) is 42.2 Å². The molecule has 1 saturated heterocycles. The first-order valence-corrected chi connectivity index (χ1v) is 11.1. The number of amides is 1. The predicted octanol–water partition coefficient (Wildman–Crippen LogP) is 5.26. The van der Waals surface area contributed by atoms with E-state index in [0.717, 1.165) is 47.6 Å². The van der Waals surface area contributed by atoms with Crippen molar-refractivity contribution in [3.05, 3.63) is 69.6 Å². The second-order valence-electron chi connectivity index (χ2n) is 7.59. The van der Waals surface area contributed by atoms with Gasteiger partial charge in [-0.3, -0.25) is 4.79 Å². The van der Waals surface area contributed by atoms with Gasteiger partial charge in [-0.2, -0.15) is 4.99 Å². The van der Waals surface area contributed by atoms with E-state index in [4.69, 9.17) is 11.6 Å². The van der Waals surface area contributed by atoms with Crippen LogP contribution >= 0.6 is 23.4 Å².